The Morgan fingerprint density at radius 3 is 2.88 bits per heavy atom. The first-order chi connectivity index (χ1) is 11.6. The molecule has 24 heavy (non-hydrogen) atoms. The fourth-order valence-corrected chi connectivity index (χ4v) is 3.09. The molecular weight excluding hydrogens is 307 g/mol. The predicted molar refractivity (Wildman–Crippen MR) is 90.7 cm³/mol. The van der Waals surface area contributed by atoms with Gasteiger partial charge in [-0.15, -0.1) is 0 Å². The topological polar surface area (TPSA) is 50.2 Å². The molecule has 1 aliphatic rings. The Kier molecular flexibility index (Phi) is 5.25. The standard InChI is InChI=1S/C18H23FN4O/c1-14-3-2-10-22(13-14)12-9-20-18(24)17-8-11-23(21-17)16-6-4-15(19)5-7-16/h4-8,11,14H,2-3,9-10,12-13H2,1H3,(H,20,24)/t14-/m0/s1. The number of carbonyl (C=O) groups excluding carboxylic acids is 1. The molecule has 1 aromatic carbocycles. The summed E-state index contributed by atoms with van der Waals surface area (Å²) in [6.07, 6.45) is 4.23. The Morgan fingerprint density at radius 1 is 1.33 bits per heavy atom. The quantitative estimate of drug-likeness (QED) is 0.916. The lowest BCUT2D eigenvalue weighted by molar-refractivity contribution is 0.0938. The van der Waals surface area contributed by atoms with Crippen LogP contribution >= 0.6 is 0 Å². The zero-order valence-corrected chi connectivity index (χ0v) is 13.9. The molecule has 6 heteroatoms. The third-order valence-corrected chi connectivity index (χ3v) is 4.37. The minimum Gasteiger partial charge on any atom is -0.349 e. The molecule has 1 saturated heterocycles. The Morgan fingerprint density at radius 2 is 2.12 bits per heavy atom. The second kappa shape index (κ2) is 7.57. The molecule has 0 spiro atoms. The highest BCUT2D eigenvalue weighted by molar-refractivity contribution is 5.92. The van der Waals surface area contributed by atoms with E-state index in [-0.39, 0.29) is 11.7 Å². The molecule has 2 aromatic rings. The van der Waals surface area contributed by atoms with Crippen molar-refractivity contribution < 1.29 is 9.18 Å². The van der Waals surface area contributed by atoms with Gasteiger partial charge in [0.2, 0.25) is 0 Å². The molecule has 1 N–H and O–H groups in total. The van der Waals surface area contributed by atoms with Gasteiger partial charge in [-0.1, -0.05) is 6.92 Å². The summed E-state index contributed by atoms with van der Waals surface area (Å²) in [6.45, 7) is 5.98. The maximum absolute atomic E-state index is 13.0. The number of carbonyl (C=O) groups is 1. The van der Waals surface area contributed by atoms with Crippen LogP contribution in [-0.2, 0) is 0 Å². The van der Waals surface area contributed by atoms with Crippen molar-refractivity contribution in [2.45, 2.75) is 19.8 Å². The second-order valence-corrected chi connectivity index (χ2v) is 6.43. The second-order valence-electron chi connectivity index (χ2n) is 6.43. The minimum atomic E-state index is -0.295. The zero-order chi connectivity index (χ0) is 16.9. The van der Waals surface area contributed by atoms with Gasteiger partial charge in [-0.3, -0.25) is 4.79 Å². The maximum Gasteiger partial charge on any atom is 0.271 e. The monoisotopic (exact) mass is 330 g/mol. The molecule has 128 valence electrons. The summed E-state index contributed by atoms with van der Waals surface area (Å²) in [5, 5.41) is 7.17. The van der Waals surface area contributed by atoms with Crippen molar-refractivity contribution >= 4 is 5.91 Å². The molecule has 1 aromatic heterocycles. The van der Waals surface area contributed by atoms with Gasteiger partial charge in [0.05, 0.1) is 5.69 Å². The molecule has 1 fully saturated rings. The highest BCUT2D eigenvalue weighted by Crippen LogP contribution is 2.14. The number of halogens is 1. The Bertz CT molecular complexity index is 683. The molecule has 1 aliphatic heterocycles. The highest BCUT2D eigenvalue weighted by atomic mass is 19.1. The highest BCUT2D eigenvalue weighted by Gasteiger charge is 2.16. The Labute approximate surface area is 141 Å². The molecule has 2 heterocycles. The van der Waals surface area contributed by atoms with Gasteiger partial charge in [-0.2, -0.15) is 5.10 Å². The lowest BCUT2D eigenvalue weighted by Gasteiger charge is -2.30. The van der Waals surface area contributed by atoms with Crippen LogP contribution in [0, 0.1) is 11.7 Å². The largest absolute Gasteiger partial charge is 0.349 e. The SMILES string of the molecule is C[C@H]1CCCN(CCNC(=O)c2ccn(-c3ccc(F)cc3)n2)C1. The molecule has 0 radical (unpaired) electrons. The third kappa shape index (κ3) is 4.20. The summed E-state index contributed by atoms with van der Waals surface area (Å²) in [4.78, 5) is 14.6. The van der Waals surface area contributed by atoms with Crippen LogP contribution in [0.2, 0.25) is 0 Å². The van der Waals surface area contributed by atoms with Crippen LogP contribution in [-0.4, -0.2) is 46.8 Å². The third-order valence-electron chi connectivity index (χ3n) is 4.37. The van der Waals surface area contributed by atoms with E-state index in [9.17, 15) is 9.18 Å². The van der Waals surface area contributed by atoms with E-state index < -0.39 is 0 Å². The lowest BCUT2D eigenvalue weighted by Crippen LogP contribution is -2.40. The lowest BCUT2D eigenvalue weighted by atomic mass is 10.0. The predicted octanol–water partition coefficient (Wildman–Crippen LogP) is 2.47. The van der Waals surface area contributed by atoms with Crippen LogP contribution in [0.15, 0.2) is 36.5 Å². The van der Waals surface area contributed by atoms with Gasteiger partial charge in [0.1, 0.15) is 5.82 Å². The van der Waals surface area contributed by atoms with Crippen LogP contribution < -0.4 is 5.32 Å². The molecule has 0 unspecified atom stereocenters. The smallest absolute Gasteiger partial charge is 0.271 e. The van der Waals surface area contributed by atoms with Crippen LogP contribution in [0.5, 0.6) is 0 Å². The van der Waals surface area contributed by atoms with Gasteiger partial charge in [0.15, 0.2) is 5.69 Å². The molecule has 0 saturated carbocycles. The van der Waals surface area contributed by atoms with E-state index in [1.807, 2.05) is 0 Å². The van der Waals surface area contributed by atoms with Gasteiger partial charge in [0, 0.05) is 25.8 Å². The van der Waals surface area contributed by atoms with Crippen molar-refractivity contribution in [3.05, 3.63) is 48.0 Å². The number of likely N-dealkylation sites (tertiary alicyclic amines) is 1. The van der Waals surface area contributed by atoms with E-state index in [4.69, 9.17) is 0 Å². The first-order valence-corrected chi connectivity index (χ1v) is 8.44. The van der Waals surface area contributed by atoms with E-state index in [1.54, 1.807) is 29.1 Å². The summed E-state index contributed by atoms with van der Waals surface area (Å²) >= 11 is 0. The van der Waals surface area contributed by atoms with Crippen LogP contribution in [0.25, 0.3) is 5.69 Å². The molecule has 1 atom stereocenters. The minimum absolute atomic E-state index is 0.180. The molecule has 5 nitrogen and oxygen atoms in total. The van der Waals surface area contributed by atoms with Crippen molar-refractivity contribution in [1.29, 1.82) is 0 Å². The first kappa shape index (κ1) is 16.6. The zero-order valence-electron chi connectivity index (χ0n) is 13.9. The van der Waals surface area contributed by atoms with Crippen LogP contribution in [0.3, 0.4) is 0 Å². The summed E-state index contributed by atoms with van der Waals surface area (Å²) in [7, 11) is 0. The number of amides is 1. The van der Waals surface area contributed by atoms with E-state index in [0.717, 1.165) is 31.2 Å². The summed E-state index contributed by atoms with van der Waals surface area (Å²) in [5.41, 5.74) is 1.09. The number of hydrogen-bond donors (Lipinski definition) is 1. The van der Waals surface area contributed by atoms with Crippen molar-refractivity contribution in [2.75, 3.05) is 26.2 Å². The molecule has 3 rings (SSSR count). The van der Waals surface area contributed by atoms with Crippen LogP contribution in [0.1, 0.15) is 30.3 Å². The molecule has 0 bridgehead atoms. The number of hydrogen-bond acceptors (Lipinski definition) is 3. The average Bonchev–Trinajstić information content (AvgIpc) is 3.05. The number of benzene rings is 1. The van der Waals surface area contributed by atoms with E-state index in [0.29, 0.717) is 12.2 Å². The van der Waals surface area contributed by atoms with Crippen molar-refractivity contribution in [1.82, 2.24) is 20.0 Å². The van der Waals surface area contributed by atoms with Gasteiger partial charge < -0.3 is 10.2 Å². The van der Waals surface area contributed by atoms with E-state index in [2.05, 4.69) is 22.2 Å². The number of nitrogens with zero attached hydrogens (tertiary/aromatic N) is 3. The Hall–Kier alpha value is -2.21. The summed E-state index contributed by atoms with van der Waals surface area (Å²) in [6, 6.07) is 7.66. The first-order valence-electron chi connectivity index (χ1n) is 8.44. The van der Waals surface area contributed by atoms with Gasteiger partial charge in [-0.25, -0.2) is 9.07 Å². The molecule has 1 amide bonds. The molecule has 0 aliphatic carbocycles. The van der Waals surface area contributed by atoms with Crippen LogP contribution in [0.4, 0.5) is 4.39 Å². The normalized spacial score (nSPS) is 18.5. The number of piperidine rings is 1. The molecular formula is C18H23FN4O. The fraction of sp³-hybridized carbons (Fsp3) is 0.444. The van der Waals surface area contributed by atoms with E-state index in [1.165, 1.54) is 25.0 Å². The van der Waals surface area contributed by atoms with Crippen molar-refractivity contribution in [3.8, 4) is 5.69 Å². The van der Waals surface area contributed by atoms with E-state index >= 15 is 0 Å². The summed E-state index contributed by atoms with van der Waals surface area (Å²) < 4.78 is 14.5. The fourth-order valence-electron chi connectivity index (χ4n) is 3.09. The Balaban J connectivity index is 1.51. The van der Waals surface area contributed by atoms with Crippen molar-refractivity contribution in [3.63, 3.8) is 0 Å². The van der Waals surface area contributed by atoms with Gasteiger partial charge in [-0.05, 0) is 55.6 Å². The van der Waals surface area contributed by atoms with Crippen molar-refractivity contribution in [2.24, 2.45) is 5.92 Å². The summed E-state index contributed by atoms with van der Waals surface area (Å²) in [5.74, 6) is 0.262. The maximum atomic E-state index is 13.0. The number of nitrogens with one attached hydrogen (secondary N) is 1. The number of aromatic nitrogens is 2. The average molecular weight is 330 g/mol. The van der Waals surface area contributed by atoms with Gasteiger partial charge >= 0.3 is 0 Å². The van der Waals surface area contributed by atoms with Gasteiger partial charge in [0.25, 0.3) is 5.91 Å². The number of rotatable bonds is 5.